The zero-order chi connectivity index (χ0) is 23.3. The Bertz CT molecular complexity index is 961. The Kier molecular flexibility index (Phi) is 7.78. The summed E-state index contributed by atoms with van der Waals surface area (Å²) in [4.78, 5) is 30.2. The lowest BCUT2D eigenvalue weighted by Gasteiger charge is -2.43. The number of para-hydroxylation sites is 1. The van der Waals surface area contributed by atoms with Gasteiger partial charge in [0, 0.05) is 38.0 Å². The molecule has 8 heteroatoms. The Morgan fingerprint density at radius 3 is 2.33 bits per heavy atom. The lowest BCUT2D eigenvalue weighted by molar-refractivity contribution is -0.139. The molecule has 33 heavy (non-hydrogen) atoms. The molecule has 2 aromatic carbocycles. The van der Waals surface area contributed by atoms with Gasteiger partial charge in [-0.1, -0.05) is 47.5 Å². The number of amides is 2. The standard InChI is InChI=1S/C25H28Cl2N2O4/c26-20-8-4-9-21(27)23(20)24(31)29-11-5-10-25(17-29,18-33-19-6-2-1-3-7-19)16-22(30)28-12-14-32-15-13-28/h1-4,6-9H,5,10-18H2/t25-/m0/s1. The van der Waals surface area contributed by atoms with Gasteiger partial charge in [0.25, 0.3) is 5.91 Å². The van der Waals surface area contributed by atoms with Crippen LogP contribution in [-0.2, 0) is 9.53 Å². The highest BCUT2D eigenvalue weighted by Gasteiger charge is 2.41. The summed E-state index contributed by atoms with van der Waals surface area (Å²) in [6.45, 7) is 3.60. The van der Waals surface area contributed by atoms with Crippen LogP contribution in [0, 0.1) is 5.41 Å². The maximum atomic E-state index is 13.4. The number of carbonyl (C=O) groups excluding carboxylic acids is 2. The minimum absolute atomic E-state index is 0.0695. The van der Waals surface area contributed by atoms with Crippen LogP contribution in [0.25, 0.3) is 0 Å². The van der Waals surface area contributed by atoms with E-state index < -0.39 is 5.41 Å². The number of nitrogens with zero attached hydrogens (tertiary/aromatic N) is 2. The third-order valence-electron chi connectivity index (χ3n) is 6.30. The number of halogens is 2. The van der Waals surface area contributed by atoms with Gasteiger partial charge in [0.15, 0.2) is 0 Å². The highest BCUT2D eigenvalue weighted by atomic mass is 35.5. The van der Waals surface area contributed by atoms with Crippen molar-refractivity contribution < 1.29 is 19.1 Å². The molecule has 1 atom stereocenters. The van der Waals surface area contributed by atoms with E-state index in [9.17, 15) is 9.59 Å². The molecular weight excluding hydrogens is 463 g/mol. The van der Waals surface area contributed by atoms with Crippen molar-refractivity contribution in [1.82, 2.24) is 9.80 Å². The molecule has 4 rings (SSSR count). The highest BCUT2D eigenvalue weighted by Crippen LogP contribution is 2.37. The van der Waals surface area contributed by atoms with E-state index in [2.05, 4.69) is 0 Å². The Hall–Kier alpha value is -2.28. The van der Waals surface area contributed by atoms with Crippen LogP contribution in [0.3, 0.4) is 0 Å². The summed E-state index contributed by atoms with van der Waals surface area (Å²) < 4.78 is 11.5. The normalized spacial score (nSPS) is 21.0. The quantitative estimate of drug-likeness (QED) is 0.596. The van der Waals surface area contributed by atoms with Crippen molar-refractivity contribution in [2.24, 2.45) is 5.41 Å². The van der Waals surface area contributed by atoms with E-state index in [0.717, 1.165) is 18.6 Å². The fourth-order valence-corrected chi connectivity index (χ4v) is 5.11. The minimum Gasteiger partial charge on any atom is -0.493 e. The van der Waals surface area contributed by atoms with Crippen molar-refractivity contribution >= 4 is 35.0 Å². The van der Waals surface area contributed by atoms with Gasteiger partial charge in [0.1, 0.15) is 5.75 Å². The molecule has 2 aliphatic rings. The van der Waals surface area contributed by atoms with Gasteiger partial charge >= 0.3 is 0 Å². The van der Waals surface area contributed by atoms with E-state index >= 15 is 0 Å². The lowest BCUT2D eigenvalue weighted by atomic mass is 9.77. The van der Waals surface area contributed by atoms with E-state index in [-0.39, 0.29) is 11.8 Å². The molecular formula is C25H28Cl2N2O4. The first-order chi connectivity index (χ1) is 16.0. The third-order valence-corrected chi connectivity index (χ3v) is 6.93. The first-order valence-electron chi connectivity index (χ1n) is 11.2. The molecule has 0 aliphatic carbocycles. The fraction of sp³-hybridized carbons (Fsp3) is 0.440. The van der Waals surface area contributed by atoms with Crippen LogP contribution in [-0.4, -0.2) is 67.6 Å². The molecule has 2 aromatic rings. The second kappa shape index (κ2) is 10.8. The number of piperidine rings is 1. The van der Waals surface area contributed by atoms with Gasteiger partial charge in [0.2, 0.25) is 5.91 Å². The molecule has 176 valence electrons. The fourth-order valence-electron chi connectivity index (χ4n) is 4.55. The van der Waals surface area contributed by atoms with Crippen LogP contribution in [0.1, 0.15) is 29.6 Å². The third kappa shape index (κ3) is 5.81. The number of carbonyl (C=O) groups is 2. The predicted octanol–water partition coefficient (Wildman–Crippen LogP) is 4.54. The van der Waals surface area contributed by atoms with Crippen molar-refractivity contribution in [1.29, 1.82) is 0 Å². The van der Waals surface area contributed by atoms with Crippen LogP contribution >= 0.6 is 23.2 Å². The summed E-state index contributed by atoms with van der Waals surface area (Å²) in [5.74, 6) is 0.599. The summed E-state index contributed by atoms with van der Waals surface area (Å²) in [7, 11) is 0. The molecule has 0 spiro atoms. The molecule has 2 aliphatic heterocycles. The van der Waals surface area contributed by atoms with Crippen molar-refractivity contribution in [3.8, 4) is 5.75 Å². The highest BCUT2D eigenvalue weighted by molar-refractivity contribution is 6.39. The summed E-state index contributed by atoms with van der Waals surface area (Å²) in [5, 5.41) is 0.655. The SMILES string of the molecule is O=C(C[C@@]1(COc2ccccc2)CCCN(C(=O)c2c(Cl)cccc2Cl)C1)N1CCOCC1. The average molecular weight is 491 g/mol. The van der Waals surface area contributed by atoms with Gasteiger partial charge in [-0.15, -0.1) is 0 Å². The summed E-state index contributed by atoms with van der Waals surface area (Å²) >= 11 is 12.6. The first-order valence-corrected chi connectivity index (χ1v) is 12.0. The first kappa shape index (κ1) is 23.9. The topological polar surface area (TPSA) is 59.1 Å². The lowest BCUT2D eigenvalue weighted by Crippen LogP contribution is -2.52. The Balaban J connectivity index is 1.56. The number of hydrogen-bond acceptors (Lipinski definition) is 4. The summed E-state index contributed by atoms with van der Waals surface area (Å²) in [6, 6.07) is 14.6. The number of rotatable bonds is 6. The molecule has 2 saturated heterocycles. The average Bonchev–Trinajstić information content (AvgIpc) is 2.84. The molecule has 2 fully saturated rings. The van der Waals surface area contributed by atoms with Crippen LogP contribution in [0.2, 0.25) is 10.0 Å². The number of hydrogen-bond donors (Lipinski definition) is 0. The van der Waals surface area contributed by atoms with Gasteiger partial charge in [0.05, 0.1) is 35.4 Å². The Morgan fingerprint density at radius 1 is 0.939 bits per heavy atom. The smallest absolute Gasteiger partial charge is 0.256 e. The van der Waals surface area contributed by atoms with Gasteiger partial charge in [-0.05, 0) is 37.1 Å². The van der Waals surface area contributed by atoms with Gasteiger partial charge in [-0.3, -0.25) is 9.59 Å². The van der Waals surface area contributed by atoms with Crippen LogP contribution < -0.4 is 4.74 Å². The second-order valence-electron chi connectivity index (χ2n) is 8.70. The monoisotopic (exact) mass is 490 g/mol. The molecule has 6 nitrogen and oxygen atoms in total. The van der Waals surface area contributed by atoms with E-state index in [1.54, 1.807) is 23.1 Å². The van der Waals surface area contributed by atoms with Gasteiger partial charge in [-0.2, -0.15) is 0 Å². The van der Waals surface area contributed by atoms with Crippen molar-refractivity contribution in [3.63, 3.8) is 0 Å². The molecule has 0 aromatic heterocycles. The van der Waals surface area contributed by atoms with E-state index in [0.29, 0.717) is 68.0 Å². The Morgan fingerprint density at radius 2 is 1.64 bits per heavy atom. The molecule has 0 radical (unpaired) electrons. The number of ether oxygens (including phenoxy) is 2. The Labute approximate surface area is 204 Å². The minimum atomic E-state index is -0.507. The van der Waals surface area contributed by atoms with Crippen molar-refractivity contribution in [2.45, 2.75) is 19.3 Å². The largest absolute Gasteiger partial charge is 0.493 e. The van der Waals surface area contributed by atoms with E-state index in [4.69, 9.17) is 32.7 Å². The number of benzene rings is 2. The van der Waals surface area contributed by atoms with Crippen LogP contribution in [0.4, 0.5) is 0 Å². The summed E-state index contributed by atoms with van der Waals surface area (Å²) in [6.07, 6.45) is 1.86. The van der Waals surface area contributed by atoms with E-state index in [1.807, 2.05) is 35.2 Å². The number of morpholine rings is 1. The molecule has 0 N–H and O–H groups in total. The van der Waals surface area contributed by atoms with E-state index in [1.165, 1.54) is 0 Å². The predicted molar refractivity (Wildman–Crippen MR) is 128 cm³/mol. The van der Waals surface area contributed by atoms with Crippen LogP contribution in [0.5, 0.6) is 5.75 Å². The van der Waals surface area contributed by atoms with Crippen molar-refractivity contribution in [2.75, 3.05) is 46.0 Å². The van der Waals surface area contributed by atoms with Gasteiger partial charge < -0.3 is 19.3 Å². The maximum absolute atomic E-state index is 13.4. The maximum Gasteiger partial charge on any atom is 0.256 e. The van der Waals surface area contributed by atoms with Crippen molar-refractivity contribution in [3.05, 3.63) is 64.1 Å². The van der Waals surface area contributed by atoms with Gasteiger partial charge in [-0.25, -0.2) is 0 Å². The molecule has 0 bridgehead atoms. The molecule has 0 saturated carbocycles. The molecule has 2 heterocycles. The molecule has 0 unspecified atom stereocenters. The number of likely N-dealkylation sites (tertiary alicyclic amines) is 1. The summed E-state index contributed by atoms with van der Waals surface area (Å²) in [5.41, 5.74) is -0.201. The van der Waals surface area contributed by atoms with Crippen LogP contribution in [0.15, 0.2) is 48.5 Å². The molecule has 2 amide bonds. The second-order valence-corrected chi connectivity index (χ2v) is 9.51. The zero-order valence-corrected chi connectivity index (χ0v) is 20.0. The zero-order valence-electron chi connectivity index (χ0n) is 18.5.